The monoisotopic (exact) mass is 373 g/mol. The van der Waals surface area contributed by atoms with E-state index in [4.69, 9.17) is 0 Å². The van der Waals surface area contributed by atoms with Gasteiger partial charge in [0, 0.05) is 17.5 Å². The van der Waals surface area contributed by atoms with Crippen molar-refractivity contribution in [3.8, 4) is 0 Å². The molecule has 0 heterocycles. The van der Waals surface area contributed by atoms with Gasteiger partial charge in [-0.25, -0.2) is 0 Å². The highest BCUT2D eigenvalue weighted by Crippen LogP contribution is 2.37. The van der Waals surface area contributed by atoms with Crippen LogP contribution < -0.4 is 5.32 Å². The summed E-state index contributed by atoms with van der Waals surface area (Å²) in [7, 11) is 0. The largest absolute Gasteiger partial charge is 0.416 e. The Bertz CT molecular complexity index is 790. The molecule has 2 aromatic rings. The number of anilines is 1. The van der Waals surface area contributed by atoms with Crippen LogP contribution in [0.25, 0.3) is 5.57 Å². The molecule has 0 aromatic heterocycles. The smallest absolute Gasteiger partial charge is 0.361 e. The van der Waals surface area contributed by atoms with Gasteiger partial charge in [0.2, 0.25) is 0 Å². The molecule has 138 valence electrons. The molecule has 0 radical (unpaired) electrons. The molecule has 0 aliphatic heterocycles. The summed E-state index contributed by atoms with van der Waals surface area (Å²) in [6.45, 7) is 1.24. The minimum absolute atomic E-state index is 0.0397. The molecular formula is C18H13F6NO. The van der Waals surface area contributed by atoms with Crippen LogP contribution in [0.4, 0.5) is 32.0 Å². The third-order valence-corrected chi connectivity index (χ3v) is 3.43. The second-order valence-corrected chi connectivity index (χ2v) is 5.42. The summed E-state index contributed by atoms with van der Waals surface area (Å²) in [5, 5.41) is 2.37. The van der Waals surface area contributed by atoms with Crippen LogP contribution in [0.3, 0.4) is 0 Å². The maximum Gasteiger partial charge on any atom is 0.416 e. The van der Waals surface area contributed by atoms with Crippen LogP contribution in [0.2, 0.25) is 0 Å². The lowest BCUT2D eigenvalue weighted by Crippen LogP contribution is -2.11. The second-order valence-electron chi connectivity index (χ2n) is 5.42. The van der Waals surface area contributed by atoms with Crippen LogP contribution in [0.1, 0.15) is 23.6 Å². The number of carbonyl (C=O) groups is 1. The van der Waals surface area contributed by atoms with E-state index in [9.17, 15) is 31.1 Å². The van der Waals surface area contributed by atoms with Crippen LogP contribution >= 0.6 is 0 Å². The number of hydrogen-bond donors (Lipinski definition) is 1. The average Bonchev–Trinajstić information content (AvgIpc) is 2.54. The van der Waals surface area contributed by atoms with Crippen LogP contribution in [0.5, 0.6) is 0 Å². The minimum atomic E-state index is -4.94. The van der Waals surface area contributed by atoms with Crippen molar-refractivity contribution in [3.05, 3.63) is 71.4 Å². The molecular weight excluding hydrogens is 360 g/mol. The van der Waals surface area contributed by atoms with Gasteiger partial charge >= 0.3 is 12.4 Å². The van der Waals surface area contributed by atoms with Gasteiger partial charge in [-0.3, -0.25) is 4.79 Å². The van der Waals surface area contributed by atoms with Gasteiger partial charge in [0.25, 0.3) is 0 Å². The van der Waals surface area contributed by atoms with Gasteiger partial charge in [0.1, 0.15) is 0 Å². The van der Waals surface area contributed by atoms with E-state index >= 15 is 0 Å². The Morgan fingerprint density at radius 2 is 1.38 bits per heavy atom. The van der Waals surface area contributed by atoms with E-state index in [2.05, 4.69) is 5.32 Å². The molecule has 2 nitrogen and oxygen atoms in total. The third kappa shape index (κ3) is 4.87. The standard InChI is InChI=1S/C18H13F6NO/c1-11(26)16(12-5-3-2-4-6-12)10-25-15-8-13(17(19,20)21)7-14(9-15)18(22,23)24/h2-10,25H,1H3. The first-order valence-corrected chi connectivity index (χ1v) is 7.31. The molecule has 0 fully saturated rings. The minimum Gasteiger partial charge on any atom is -0.361 e. The van der Waals surface area contributed by atoms with Gasteiger partial charge in [-0.2, -0.15) is 26.3 Å². The predicted octanol–water partition coefficient (Wildman–Crippen LogP) is 5.77. The van der Waals surface area contributed by atoms with Crippen molar-refractivity contribution < 1.29 is 31.1 Å². The number of benzene rings is 2. The summed E-state index contributed by atoms with van der Waals surface area (Å²) in [5.74, 6) is -0.397. The molecule has 0 unspecified atom stereocenters. The highest BCUT2D eigenvalue weighted by molar-refractivity contribution is 6.19. The van der Waals surface area contributed by atoms with Gasteiger partial charge in [-0.05, 0) is 30.7 Å². The van der Waals surface area contributed by atoms with Crippen LogP contribution in [-0.4, -0.2) is 5.78 Å². The summed E-state index contributed by atoms with van der Waals surface area (Å²) < 4.78 is 77.2. The summed E-state index contributed by atoms with van der Waals surface area (Å²) in [6.07, 6.45) is -8.79. The van der Waals surface area contributed by atoms with Gasteiger partial charge in [0.15, 0.2) is 5.78 Å². The molecule has 2 aromatic carbocycles. The Hall–Kier alpha value is -2.77. The molecule has 0 amide bonds. The molecule has 0 saturated carbocycles. The van der Waals surface area contributed by atoms with Gasteiger partial charge in [-0.15, -0.1) is 0 Å². The first-order chi connectivity index (χ1) is 12.0. The fourth-order valence-corrected chi connectivity index (χ4v) is 2.20. The van der Waals surface area contributed by atoms with Crippen molar-refractivity contribution in [2.24, 2.45) is 0 Å². The predicted molar refractivity (Wildman–Crippen MR) is 85.2 cm³/mol. The number of allylic oxidation sites excluding steroid dienone is 1. The van der Waals surface area contributed by atoms with E-state index in [1.54, 1.807) is 30.3 Å². The maximum absolute atomic E-state index is 12.9. The molecule has 0 aliphatic rings. The summed E-state index contributed by atoms with van der Waals surface area (Å²) >= 11 is 0. The van der Waals surface area contributed by atoms with E-state index in [0.717, 1.165) is 6.20 Å². The topological polar surface area (TPSA) is 29.1 Å². The highest BCUT2D eigenvalue weighted by atomic mass is 19.4. The number of Topliss-reactive ketones (excluding diaryl/α,β-unsaturated/α-hetero) is 1. The zero-order chi connectivity index (χ0) is 19.5. The highest BCUT2D eigenvalue weighted by Gasteiger charge is 2.36. The number of nitrogens with one attached hydrogen (secondary N) is 1. The Morgan fingerprint density at radius 1 is 0.885 bits per heavy atom. The maximum atomic E-state index is 12.9. The molecule has 1 N–H and O–H groups in total. The zero-order valence-electron chi connectivity index (χ0n) is 13.4. The number of rotatable bonds is 4. The van der Waals surface area contributed by atoms with Crippen molar-refractivity contribution in [2.45, 2.75) is 19.3 Å². The lowest BCUT2D eigenvalue weighted by atomic mass is 10.0. The van der Waals surface area contributed by atoms with E-state index in [-0.39, 0.29) is 11.6 Å². The molecule has 0 saturated heterocycles. The molecule has 0 bridgehead atoms. The SMILES string of the molecule is CC(=O)C(=CNc1cc(C(F)(F)F)cc(C(F)(F)F)c1)c1ccccc1. The Balaban J connectivity index is 2.46. The normalized spacial score (nSPS) is 12.8. The van der Waals surface area contributed by atoms with E-state index < -0.39 is 35.0 Å². The molecule has 0 spiro atoms. The second kappa shape index (κ2) is 7.23. The van der Waals surface area contributed by atoms with E-state index in [0.29, 0.717) is 17.7 Å². The quantitative estimate of drug-likeness (QED) is 0.545. The fraction of sp³-hybridized carbons (Fsp3) is 0.167. The van der Waals surface area contributed by atoms with Crippen molar-refractivity contribution in [1.29, 1.82) is 0 Å². The fourth-order valence-electron chi connectivity index (χ4n) is 2.20. The molecule has 8 heteroatoms. The van der Waals surface area contributed by atoms with Crippen LogP contribution in [-0.2, 0) is 17.1 Å². The Labute approximate surface area is 145 Å². The molecule has 0 atom stereocenters. The summed E-state index contributed by atoms with van der Waals surface area (Å²) in [4.78, 5) is 11.7. The number of alkyl halides is 6. The number of carbonyl (C=O) groups excluding carboxylic acids is 1. The number of halogens is 6. The summed E-state index contributed by atoms with van der Waals surface area (Å²) in [6, 6.07) is 9.35. The van der Waals surface area contributed by atoms with E-state index in [1.807, 2.05) is 0 Å². The lowest BCUT2D eigenvalue weighted by molar-refractivity contribution is -0.143. The molecule has 26 heavy (non-hydrogen) atoms. The Kier molecular flexibility index (Phi) is 5.44. The first-order valence-electron chi connectivity index (χ1n) is 7.31. The average molecular weight is 373 g/mol. The molecule has 2 rings (SSSR count). The van der Waals surface area contributed by atoms with Gasteiger partial charge in [0.05, 0.1) is 11.1 Å². The van der Waals surface area contributed by atoms with Crippen molar-refractivity contribution in [2.75, 3.05) is 5.32 Å². The van der Waals surface area contributed by atoms with Crippen molar-refractivity contribution in [1.82, 2.24) is 0 Å². The number of ketones is 1. The number of hydrogen-bond acceptors (Lipinski definition) is 2. The van der Waals surface area contributed by atoms with E-state index in [1.165, 1.54) is 6.92 Å². The molecule has 0 aliphatic carbocycles. The van der Waals surface area contributed by atoms with Gasteiger partial charge in [-0.1, -0.05) is 30.3 Å². The lowest BCUT2D eigenvalue weighted by Gasteiger charge is -2.14. The van der Waals surface area contributed by atoms with Crippen LogP contribution in [0.15, 0.2) is 54.7 Å². The summed E-state index contributed by atoms with van der Waals surface area (Å²) in [5.41, 5.74) is -2.70. The third-order valence-electron chi connectivity index (χ3n) is 3.43. The van der Waals surface area contributed by atoms with Crippen LogP contribution in [0, 0.1) is 0 Å². The Morgan fingerprint density at radius 3 is 1.81 bits per heavy atom. The zero-order valence-corrected chi connectivity index (χ0v) is 13.4. The van der Waals surface area contributed by atoms with Crippen molar-refractivity contribution >= 4 is 17.0 Å². The van der Waals surface area contributed by atoms with Crippen molar-refractivity contribution in [3.63, 3.8) is 0 Å². The van der Waals surface area contributed by atoms with Gasteiger partial charge < -0.3 is 5.32 Å². The first kappa shape index (κ1) is 19.6.